The van der Waals surface area contributed by atoms with E-state index in [0.29, 0.717) is 31.9 Å². The van der Waals surface area contributed by atoms with Crippen LogP contribution < -0.4 is 19.6 Å². The average Bonchev–Trinajstić information content (AvgIpc) is 3.08. The number of carbonyl (C=O) groups excluding carboxylic acids is 1. The van der Waals surface area contributed by atoms with Crippen molar-refractivity contribution in [3.63, 3.8) is 0 Å². The van der Waals surface area contributed by atoms with Crippen LogP contribution in [0.15, 0.2) is 69.8 Å². The molecule has 3 aromatic rings. The molecule has 8 heteroatoms. The minimum absolute atomic E-state index is 0.223. The zero-order chi connectivity index (χ0) is 22.0. The van der Waals surface area contributed by atoms with E-state index in [9.17, 15) is 9.59 Å². The molecule has 0 radical (unpaired) electrons. The molecule has 31 heavy (non-hydrogen) atoms. The maximum Gasteiger partial charge on any atom is 0.338 e. The Morgan fingerprint density at radius 3 is 2.68 bits per heavy atom. The Kier molecular flexibility index (Phi) is 5.81. The van der Waals surface area contributed by atoms with E-state index in [-0.39, 0.29) is 12.2 Å². The van der Waals surface area contributed by atoms with Gasteiger partial charge in [-0.05, 0) is 43.7 Å². The van der Waals surface area contributed by atoms with Crippen molar-refractivity contribution < 1.29 is 14.3 Å². The van der Waals surface area contributed by atoms with Crippen molar-refractivity contribution in [1.82, 2.24) is 9.55 Å². The second-order valence-electron chi connectivity index (χ2n) is 6.82. The van der Waals surface area contributed by atoms with Crippen LogP contribution in [-0.2, 0) is 9.53 Å². The minimum Gasteiger partial charge on any atom is -0.496 e. The fourth-order valence-corrected chi connectivity index (χ4v) is 4.64. The summed E-state index contributed by atoms with van der Waals surface area (Å²) < 4.78 is 12.9. The molecule has 158 valence electrons. The first kappa shape index (κ1) is 20.7. The standard InChI is InChI=1S/C23H21N3O4S/c1-4-30-22(28)19-14(2)25-23-26(20(19)16-7-5-6-8-17(16)29-3)21(27)18(31-23)13-15-9-11-24-12-10-15/h5-13,20H,4H2,1-3H3/b18-13+. The normalized spacial score (nSPS) is 16.0. The van der Waals surface area contributed by atoms with Crippen LogP contribution in [0.5, 0.6) is 5.75 Å². The Morgan fingerprint density at radius 1 is 1.23 bits per heavy atom. The van der Waals surface area contributed by atoms with Crippen molar-refractivity contribution >= 4 is 23.4 Å². The fraction of sp³-hybridized carbons (Fsp3) is 0.217. The summed E-state index contributed by atoms with van der Waals surface area (Å²) in [5, 5.41) is 0. The van der Waals surface area contributed by atoms with Gasteiger partial charge in [-0.25, -0.2) is 9.79 Å². The number of esters is 1. The van der Waals surface area contributed by atoms with Gasteiger partial charge in [0.1, 0.15) is 11.8 Å². The first-order valence-electron chi connectivity index (χ1n) is 9.77. The third-order valence-electron chi connectivity index (χ3n) is 4.95. The van der Waals surface area contributed by atoms with Crippen molar-refractivity contribution in [2.45, 2.75) is 19.9 Å². The number of nitrogens with zero attached hydrogens (tertiary/aromatic N) is 3. The van der Waals surface area contributed by atoms with Crippen molar-refractivity contribution in [3.8, 4) is 5.75 Å². The summed E-state index contributed by atoms with van der Waals surface area (Å²) >= 11 is 1.28. The zero-order valence-electron chi connectivity index (χ0n) is 17.4. The van der Waals surface area contributed by atoms with E-state index in [2.05, 4.69) is 9.98 Å². The maximum absolute atomic E-state index is 13.5. The number of aromatic nitrogens is 2. The monoisotopic (exact) mass is 435 g/mol. The molecule has 0 fully saturated rings. The average molecular weight is 436 g/mol. The third-order valence-corrected chi connectivity index (χ3v) is 5.94. The Hall–Kier alpha value is -3.52. The summed E-state index contributed by atoms with van der Waals surface area (Å²) in [6, 6.07) is 10.3. The molecule has 0 bridgehead atoms. The molecule has 1 aromatic carbocycles. The summed E-state index contributed by atoms with van der Waals surface area (Å²) in [5.74, 6) is 0.0794. The molecule has 1 aliphatic rings. The lowest BCUT2D eigenvalue weighted by molar-refractivity contribution is -0.139. The van der Waals surface area contributed by atoms with Gasteiger partial charge in [0.25, 0.3) is 5.56 Å². The topological polar surface area (TPSA) is 82.8 Å². The van der Waals surface area contributed by atoms with Crippen LogP contribution in [-0.4, -0.2) is 29.2 Å². The van der Waals surface area contributed by atoms with Gasteiger partial charge in [0.2, 0.25) is 0 Å². The molecule has 4 rings (SSSR count). The van der Waals surface area contributed by atoms with Crippen LogP contribution in [0.2, 0.25) is 0 Å². The number of allylic oxidation sites excluding steroid dienone is 1. The van der Waals surface area contributed by atoms with Gasteiger partial charge in [0.15, 0.2) is 4.80 Å². The van der Waals surface area contributed by atoms with E-state index in [1.54, 1.807) is 50.1 Å². The largest absolute Gasteiger partial charge is 0.496 e. The first-order chi connectivity index (χ1) is 15.0. The lowest BCUT2D eigenvalue weighted by atomic mass is 9.95. The van der Waals surface area contributed by atoms with E-state index in [4.69, 9.17) is 9.47 Å². The number of fused-ring (bicyclic) bond motifs is 1. The molecule has 1 atom stereocenters. The summed E-state index contributed by atoms with van der Waals surface area (Å²) in [4.78, 5) is 35.5. The van der Waals surface area contributed by atoms with E-state index < -0.39 is 12.0 Å². The van der Waals surface area contributed by atoms with Crippen LogP contribution in [0.1, 0.15) is 31.0 Å². The summed E-state index contributed by atoms with van der Waals surface area (Å²) in [5.41, 5.74) is 2.17. The highest BCUT2D eigenvalue weighted by Gasteiger charge is 2.34. The van der Waals surface area contributed by atoms with Gasteiger partial charge in [-0.15, -0.1) is 0 Å². The molecular formula is C23H21N3O4S. The van der Waals surface area contributed by atoms with Gasteiger partial charge in [0, 0.05) is 18.0 Å². The second kappa shape index (κ2) is 8.69. The third kappa shape index (κ3) is 3.82. The van der Waals surface area contributed by atoms with Gasteiger partial charge in [-0.3, -0.25) is 14.3 Å². The van der Waals surface area contributed by atoms with Crippen LogP contribution in [0.4, 0.5) is 0 Å². The van der Waals surface area contributed by atoms with E-state index in [1.165, 1.54) is 11.3 Å². The lowest BCUT2D eigenvalue weighted by Crippen LogP contribution is -2.40. The van der Waals surface area contributed by atoms with E-state index in [0.717, 1.165) is 5.56 Å². The molecule has 0 amide bonds. The quantitative estimate of drug-likeness (QED) is 0.574. The Bertz CT molecular complexity index is 1340. The van der Waals surface area contributed by atoms with Gasteiger partial charge in [-0.2, -0.15) is 0 Å². The predicted molar refractivity (Wildman–Crippen MR) is 118 cm³/mol. The highest BCUT2D eigenvalue weighted by Crippen LogP contribution is 2.35. The number of carbonyl (C=O) groups is 1. The minimum atomic E-state index is -0.703. The SMILES string of the molecule is CCOC(=O)C1=C(C)N=c2s/c(=C/c3ccncc3)c(=O)n2C1c1ccccc1OC. The molecule has 0 aliphatic carbocycles. The van der Waals surface area contributed by atoms with Crippen molar-refractivity contribution in [2.75, 3.05) is 13.7 Å². The van der Waals surface area contributed by atoms with Gasteiger partial charge < -0.3 is 9.47 Å². The molecule has 0 N–H and O–H groups in total. The molecule has 1 unspecified atom stereocenters. The molecule has 0 saturated heterocycles. The number of methoxy groups -OCH3 is 1. The lowest BCUT2D eigenvalue weighted by Gasteiger charge is -2.25. The van der Waals surface area contributed by atoms with Crippen molar-refractivity contribution in [2.24, 2.45) is 4.99 Å². The molecule has 1 aliphatic heterocycles. The Labute approximate surface area is 182 Å². The van der Waals surface area contributed by atoms with Gasteiger partial charge in [0.05, 0.1) is 29.5 Å². The highest BCUT2D eigenvalue weighted by molar-refractivity contribution is 7.07. The Balaban J connectivity index is 2.00. The molecular weight excluding hydrogens is 414 g/mol. The highest BCUT2D eigenvalue weighted by atomic mass is 32.1. The maximum atomic E-state index is 13.5. The smallest absolute Gasteiger partial charge is 0.338 e. The molecule has 2 aromatic heterocycles. The van der Waals surface area contributed by atoms with Gasteiger partial charge in [-0.1, -0.05) is 29.5 Å². The summed E-state index contributed by atoms with van der Waals surface area (Å²) in [7, 11) is 1.56. The number of benzene rings is 1. The zero-order valence-corrected chi connectivity index (χ0v) is 18.2. The van der Waals surface area contributed by atoms with Crippen molar-refractivity contribution in [3.05, 3.63) is 90.9 Å². The number of rotatable bonds is 5. The van der Waals surface area contributed by atoms with Crippen LogP contribution >= 0.6 is 11.3 Å². The number of ether oxygens (including phenoxy) is 2. The number of para-hydroxylation sites is 1. The predicted octanol–water partition coefficient (Wildman–Crippen LogP) is 2.20. The first-order valence-corrected chi connectivity index (χ1v) is 10.6. The van der Waals surface area contributed by atoms with Crippen LogP contribution in [0, 0.1) is 0 Å². The fourth-order valence-electron chi connectivity index (χ4n) is 3.59. The summed E-state index contributed by atoms with van der Waals surface area (Å²) in [6.45, 7) is 3.73. The summed E-state index contributed by atoms with van der Waals surface area (Å²) in [6.07, 6.45) is 5.14. The van der Waals surface area contributed by atoms with Crippen LogP contribution in [0.25, 0.3) is 6.08 Å². The molecule has 7 nitrogen and oxygen atoms in total. The second-order valence-corrected chi connectivity index (χ2v) is 7.83. The van der Waals surface area contributed by atoms with Gasteiger partial charge >= 0.3 is 5.97 Å². The molecule has 0 saturated carbocycles. The van der Waals surface area contributed by atoms with Crippen LogP contribution in [0.3, 0.4) is 0 Å². The molecule has 0 spiro atoms. The Morgan fingerprint density at radius 2 is 1.97 bits per heavy atom. The molecule has 3 heterocycles. The number of pyridine rings is 1. The number of thiazole rings is 1. The number of hydrogen-bond donors (Lipinski definition) is 0. The van der Waals surface area contributed by atoms with E-state index in [1.807, 2.05) is 30.3 Å². The van der Waals surface area contributed by atoms with Crippen molar-refractivity contribution in [1.29, 1.82) is 0 Å². The number of hydrogen-bond acceptors (Lipinski definition) is 7. The van der Waals surface area contributed by atoms with E-state index >= 15 is 0 Å².